The molecule has 4 N–H and O–H groups in total. The van der Waals surface area contributed by atoms with Crippen LogP contribution in [-0.2, 0) is 19.7 Å². The van der Waals surface area contributed by atoms with E-state index in [9.17, 15) is 18.0 Å². The molecule has 0 rings (SSSR count). The van der Waals surface area contributed by atoms with Gasteiger partial charge in [-0.25, -0.2) is 4.79 Å². The van der Waals surface area contributed by atoms with Gasteiger partial charge in [0.05, 0.1) is 0 Å². The summed E-state index contributed by atoms with van der Waals surface area (Å²) in [6, 6.07) is 0. The topological polar surface area (TPSA) is 149 Å². The first-order valence-corrected chi connectivity index (χ1v) is 4.70. The quantitative estimate of drug-likeness (QED) is 0.416. The Hall–Kier alpha value is -1.19. The van der Waals surface area contributed by atoms with Crippen LogP contribution in [0.25, 0.3) is 0 Å². The molecule has 0 radical (unpaired) electrons. The number of hydrogen-bond donors (Lipinski definition) is 4. The van der Waals surface area contributed by atoms with E-state index in [4.69, 9.17) is 19.9 Å². The molecular formula is C5H8O8S. The first-order chi connectivity index (χ1) is 6.11. The van der Waals surface area contributed by atoms with Gasteiger partial charge in [0.2, 0.25) is 0 Å². The third-order valence-corrected chi connectivity index (χ3v) is 2.67. The van der Waals surface area contributed by atoms with Crippen molar-refractivity contribution in [2.24, 2.45) is 0 Å². The zero-order chi connectivity index (χ0) is 11.6. The van der Waals surface area contributed by atoms with Crippen LogP contribution in [-0.4, -0.2) is 45.2 Å². The predicted molar refractivity (Wildman–Crippen MR) is 41.0 cm³/mol. The van der Waals surface area contributed by atoms with E-state index < -0.39 is 39.8 Å². The van der Waals surface area contributed by atoms with Crippen LogP contribution < -0.4 is 0 Å². The maximum Gasteiger partial charge on any atom is 0.354 e. The first-order valence-electron chi connectivity index (χ1n) is 3.26. The van der Waals surface area contributed by atoms with Crippen molar-refractivity contribution < 1.29 is 37.9 Å². The minimum atomic E-state index is -5.27. The van der Waals surface area contributed by atoms with Crippen LogP contribution in [0.2, 0.25) is 0 Å². The Kier molecular flexibility index (Phi) is 3.57. The van der Waals surface area contributed by atoms with Crippen molar-refractivity contribution in [3.05, 3.63) is 0 Å². The minimum absolute atomic E-state index is 0.900. The third-order valence-electron chi connectivity index (χ3n) is 1.44. The lowest BCUT2D eigenvalue weighted by Gasteiger charge is -2.18. The Morgan fingerprint density at radius 1 is 1.21 bits per heavy atom. The summed E-state index contributed by atoms with van der Waals surface area (Å²) in [5, 5.41) is 25.4. The smallest absolute Gasteiger partial charge is 0.354 e. The second-order valence-electron chi connectivity index (χ2n) is 2.46. The molecule has 1 atom stereocenters. The van der Waals surface area contributed by atoms with Gasteiger partial charge >= 0.3 is 22.1 Å². The standard InChI is InChI=1S/C5H8O8S/c6-3(7)1-2-5(10,4(8)9)14(11,12)13/h10H,1-2H2,(H,6,7)(H,8,9)(H,11,12,13). The molecule has 1 unspecified atom stereocenters. The molecular weight excluding hydrogens is 220 g/mol. The monoisotopic (exact) mass is 228 g/mol. The number of aliphatic carboxylic acids is 2. The van der Waals surface area contributed by atoms with Crippen molar-refractivity contribution in [2.45, 2.75) is 17.8 Å². The van der Waals surface area contributed by atoms with Gasteiger partial charge in [-0.2, -0.15) is 8.42 Å². The van der Waals surface area contributed by atoms with Crippen LogP contribution in [0.3, 0.4) is 0 Å². The van der Waals surface area contributed by atoms with Crippen molar-refractivity contribution in [3.63, 3.8) is 0 Å². The summed E-state index contributed by atoms with van der Waals surface area (Å²) < 4.78 is 29.2. The Morgan fingerprint density at radius 2 is 1.64 bits per heavy atom. The normalized spacial score (nSPS) is 15.9. The highest BCUT2D eigenvalue weighted by atomic mass is 32.2. The molecule has 0 aromatic carbocycles. The minimum Gasteiger partial charge on any atom is -0.481 e. The fourth-order valence-corrected chi connectivity index (χ4v) is 1.20. The van der Waals surface area contributed by atoms with Gasteiger partial charge in [0, 0.05) is 12.8 Å². The van der Waals surface area contributed by atoms with E-state index in [1.54, 1.807) is 0 Å². The van der Waals surface area contributed by atoms with Crippen LogP contribution >= 0.6 is 0 Å². The Bertz CT molecular complexity index is 343. The first kappa shape index (κ1) is 12.8. The fraction of sp³-hybridized carbons (Fsp3) is 0.600. The second kappa shape index (κ2) is 3.90. The van der Waals surface area contributed by atoms with Gasteiger partial charge in [0.1, 0.15) is 0 Å². The highest BCUT2D eigenvalue weighted by molar-refractivity contribution is 7.87. The Morgan fingerprint density at radius 3 is 1.86 bits per heavy atom. The highest BCUT2D eigenvalue weighted by Crippen LogP contribution is 2.19. The van der Waals surface area contributed by atoms with Gasteiger partial charge < -0.3 is 15.3 Å². The van der Waals surface area contributed by atoms with E-state index in [0.29, 0.717) is 0 Å². The van der Waals surface area contributed by atoms with E-state index in [1.807, 2.05) is 0 Å². The SMILES string of the molecule is O=C(O)CCC(O)(C(=O)O)S(=O)(=O)O. The van der Waals surface area contributed by atoms with E-state index in [-0.39, 0.29) is 0 Å². The summed E-state index contributed by atoms with van der Waals surface area (Å²) in [6.45, 7) is 0. The molecule has 0 fully saturated rings. The lowest BCUT2D eigenvalue weighted by Crippen LogP contribution is -2.46. The van der Waals surface area contributed by atoms with Gasteiger partial charge in [-0.3, -0.25) is 9.35 Å². The van der Waals surface area contributed by atoms with E-state index in [1.165, 1.54) is 0 Å². The average molecular weight is 228 g/mol. The second-order valence-corrected chi connectivity index (χ2v) is 4.08. The zero-order valence-electron chi connectivity index (χ0n) is 6.74. The summed E-state index contributed by atoms with van der Waals surface area (Å²) in [5.74, 6) is -3.71. The molecule has 8 nitrogen and oxygen atoms in total. The van der Waals surface area contributed by atoms with Crippen molar-refractivity contribution in [2.75, 3.05) is 0 Å². The molecule has 0 aliphatic carbocycles. The average Bonchev–Trinajstić information content (AvgIpc) is 1.97. The molecule has 0 aliphatic rings. The third kappa shape index (κ3) is 2.65. The van der Waals surface area contributed by atoms with Crippen molar-refractivity contribution >= 4 is 22.1 Å². The molecule has 0 aromatic heterocycles. The largest absolute Gasteiger partial charge is 0.481 e. The number of aliphatic hydroxyl groups is 1. The molecule has 0 saturated carbocycles. The van der Waals surface area contributed by atoms with Gasteiger partial charge in [0.25, 0.3) is 4.93 Å². The number of rotatable bonds is 5. The van der Waals surface area contributed by atoms with Crippen LogP contribution in [0.5, 0.6) is 0 Å². The van der Waals surface area contributed by atoms with Gasteiger partial charge in [-0.05, 0) is 0 Å². The number of carboxylic acids is 2. The van der Waals surface area contributed by atoms with E-state index in [0.717, 1.165) is 0 Å². The predicted octanol–water partition coefficient (Wildman–Crippen LogP) is -1.49. The van der Waals surface area contributed by atoms with Gasteiger partial charge in [-0.1, -0.05) is 0 Å². The molecule has 0 heterocycles. The Labute approximate surface area is 78.5 Å². The molecule has 0 aliphatic heterocycles. The maximum absolute atomic E-state index is 10.4. The lowest BCUT2D eigenvalue weighted by molar-refractivity contribution is -0.151. The fourth-order valence-electron chi connectivity index (χ4n) is 0.623. The summed E-state index contributed by atoms with van der Waals surface area (Å²) in [6.07, 6.45) is -2.03. The summed E-state index contributed by atoms with van der Waals surface area (Å²) in [5.41, 5.74) is 0. The van der Waals surface area contributed by atoms with Gasteiger partial charge in [-0.15, -0.1) is 0 Å². The molecule has 82 valence electrons. The number of hydrogen-bond acceptors (Lipinski definition) is 5. The summed E-state index contributed by atoms with van der Waals surface area (Å²) in [7, 11) is -5.27. The molecule has 0 amide bonds. The molecule has 0 saturated heterocycles. The van der Waals surface area contributed by atoms with Crippen molar-refractivity contribution in [1.29, 1.82) is 0 Å². The molecule has 9 heteroatoms. The van der Waals surface area contributed by atoms with E-state index in [2.05, 4.69) is 0 Å². The zero-order valence-corrected chi connectivity index (χ0v) is 7.56. The van der Waals surface area contributed by atoms with Crippen LogP contribution in [0.4, 0.5) is 0 Å². The van der Waals surface area contributed by atoms with Crippen LogP contribution in [0.15, 0.2) is 0 Å². The molecule has 0 aromatic rings. The number of carbonyl (C=O) groups is 2. The maximum atomic E-state index is 10.4. The van der Waals surface area contributed by atoms with Crippen LogP contribution in [0, 0.1) is 0 Å². The lowest BCUT2D eigenvalue weighted by atomic mass is 10.2. The highest BCUT2D eigenvalue weighted by Gasteiger charge is 2.49. The van der Waals surface area contributed by atoms with E-state index >= 15 is 0 Å². The Balaban J connectivity index is 4.95. The summed E-state index contributed by atoms with van der Waals surface area (Å²) in [4.78, 5) is 16.8. The summed E-state index contributed by atoms with van der Waals surface area (Å²) >= 11 is 0. The van der Waals surface area contributed by atoms with Crippen molar-refractivity contribution in [3.8, 4) is 0 Å². The molecule has 0 spiro atoms. The van der Waals surface area contributed by atoms with Gasteiger partial charge in [0.15, 0.2) is 0 Å². The number of carboxylic acid groups (broad SMARTS) is 2. The van der Waals surface area contributed by atoms with Crippen molar-refractivity contribution in [1.82, 2.24) is 0 Å². The molecule has 0 bridgehead atoms. The van der Waals surface area contributed by atoms with Crippen LogP contribution in [0.1, 0.15) is 12.8 Å². The molecule has 14 heavy (non-hydrogen) atoms.